The van der Waals surface area contributed by atoms with Gasteiger partial charge in [0, 0.05) is 12.4 Å². The van der Waals surface area contributed by atoms with Gasteiger partial charge in [-0.2, -0.15) is 0 Å². The Balaban J connectivity index is 2.23. The molecule has 2 rings (SSSR count). The monoisotopic (exact) mass is 282 g/mol. The van der Waals surface area contributed by atoms with E-state index in [1.165, 1.54) is 12.1 Å². The zero-order chi connectivity index (χ0) is 11.5. The molecule has 0 saturated carbocycles. The van der Waals surface area contributed by atoms with Crippen LogP contribution in [0.1, 0.15) is 5.56 Å². The Hall–Kier alpha value is -1.49. The van der Waals surface area contributed by atoms with Crippen molar-refractivity contribution < 1.29 is 9.13 Å². The van der Waals surface area contributed by atoms with Crippen LogP contribution in [0.4, 0.5) is 4.39 Å². The fraction of sp³-hybridized carbons (Fsp3) is 0.0909. The van der Waals surface area contributed by atoms with Crippen LogP contribution in [0.2, 0.25) is 0 Å². The molecule has 0 unspecified atom stereocenters. The quantitative estimate of drug-likeness (QED) is 0.846. The van der Waals surface area contributed by atoms with E-state index in [0.717, 1.165) is 4.47 Å². The molecule has 1 aromatic heterocycles. The summed E-state index contributed by atoms with van der Waals surface area (Å²) in [6, 6.07) is 4.52. The van der Waals surface area contributed by atoms with Crippen molar-refractivity contribution in [3.63, 3.8) is 0 Å². The van der Waals surface area contributed by atoms with Gasteiger partial charge in [-0.3, -0.25) is 0 Å². The molecule has 0 fully saturated rings. The molecule has 0 amide bonds. The maximum Gasteiger partial charge on any atom is 0.321 e. The van der Waals surface area contributed by atoms with E-state index < -0.39 is 0 Å². The zero-order valence-corrected chi connectivity index (χ0v) is 10.0. The molecule has 82 valence electrons. The molecule has 0 atom stereocenters. The van der Waals surface area contributed by atoms with Gasteiger partial charge in [0.05, 0.1) is 4.47 Å². The van der Waals surface area contributed by atoms with E-state index in [1.807, 2.05) is 0 Å². The van der Waals surface area contributed by atoms with Crippen molar-refractivity contribution in [2.75, 3.05) is 0 Å². The normalized spacial score (nSPS) is 10.2. The molecule has 5 heteroatoms. The molecule has 2 aromatic rings. The smallest absolute Gasteiger partial charge is 0.321 e. The molecule has 0 spiro atoms. The molecule has 16 heavy (non-hydrogen) atoms. The van der Waals surface area contributed by atoms with E-state index >= 15 is 0 Å². The second-order valence-electron chi connectivity index (χ2n) is 3.20. The van der Waals surface area contributed by atoms with Crippen molar-refractivity contribution in [2.45, 2.75) is 6.92 Å². The summed E-state index contributed by atoms with van der Waals surface area (Å²) < 4.78 is 19.0. The van der Waals surface area contributed by atoms with Crippen LogP contribution < -0.4 is 4.74 Å². The summed E-state index contributed by atoms with van der Waals surface area (Å²) >= 11 is 3.22. The summed E-state index contributed by atoms with van der Waals surface area (Å²) in [5.74, 6) is 0.255. The molecule has 0 N–H and O–H groups in total. The molecule has 1 aromatic carbocycles. The maximum absolute atomic E-state index is 12.8. The molecular weight excluding hydrogens is 275 g/mol. The van der Waals surface area contributed by atoms with E-state index in [9.17, 15) is 4.39 Å². The third-order valence-corrected chi connectivity index (χ3v) is 2.34. The van der Waals surface area contributed by atoms with Crippen molar-refractivity contribution >= 4 is 15.9 Å². The minimum atomic E-state index is -0.290. The Labute approximate surface area is 100 Å². The lowest BCUT2D eigenvalue weighted by atomic mass is 10.2. The lowest BCUT2D eigenvalue weighted by molar-refractivity contribution is 0.436. The highest BCUT2D eigenvalue weighted by molar-refractivity contribution is 9.10. The zero-order valence-electron chi connectivity index (χ0n) is 8.45. The topological polar surface area (TPSA) is 35.0 Å². The van der Waals surface area contributed by atoms with Crippen LogP contribution in [0.15, 0.2) is 35.1 Å². The molecule has 0 saturated heterocycles. The molecule has 3 nitrogen and oxygen atoms in total. The van der Waals surface area contributed by atoms with Crippen LogP contribution >= 0.6 is 15.9 Å². The molecule has 0 bridgehead atoms. The number of ether oxygens (including phenoxy) is 1. The van der Waals surface area contributed by atoms with E-state index in [2.05, 4.69) is 25.9 Å². The molecule has 0 aliphatic heterocycles. The largest absolute Gasteiger partial charge is 0.424 e. The predicted molar refractivity (Wildman–Crippen MR) is 60.9 cm³/mol. The Morgan fingerprint density at radius 2 is 1.94 bits per heavy atom. The number of halogens is 2. The van der Waals surface area contributed by atoms with Gasteiger partial charge < -0.3 is 4.74 Å². The summed E-state index contributed by atoms with van der Waals surface area (Å²) in [7, 11) is 0. The minimum Gasteiger partial charge on any atom is -0.424 e. The molecule has 1 heterocycles. The molecule has 0 aliphatic carbocycles. The number of benzene rings is 1. The van der Waals surface area contributed by atoms with Crippen molar-refractivity contribution in [1.29, 1.82) is 0 Å². The number of nitrogens with zero attached hydrogens (tertiary/aromatic N) is 2. The summed E-state index contributed by atoms with van der Waals surface area (Å²) in [6.07, 6.45) is 3.17. The van der Waals surface area contributed by atoms with Crippen LogP contribution in [-0.4, -0.2) is 9.97 Å². The number of aromatic nitrogens is 2. The summed E-state index contributed by atoms with van der Waals surface area (Å²) in [4.78, 5) is 7.93. The molecule has 0 radical (unpaired) electrons. The number of rotatable bonds is 2. The first-order valence-electron chi connectivity index (χ1n) is 4.57. The third-order valence-electron chi connectivity index (χ3n) is 1.93. The van der Waals surface area contributed by atoms with Crippen LogP contribution in [0.3, 0.4) is 0 Å². The highest BCUT2D eigenvalue weighted by atomic mass is 79.9. The van der Waals surface area contributed by atoms with Crippen LogP contribution in [0, 0.1) is 12.7 Å². The molecule has 0 aliphatic rings. The summed E-state index contributed by atoms with van der Waals surface area (Å²) in [5, 5.41) is 0. The Morgan fingerprint density at radius 1 is 1.25 bits per heavy atom. The summed E-state index contributed by atoms with van der Waals surface area (Å²) in [6.45, 7) is 1.76. The Bertz CT molecular complexity index is 502. The first-order chi connectivity index (χ1) is 7.65. The van der Waals surface area contributed by atoms with E-state index in [0.29, 0.717) is 11.3 Å². The SMILES string of the molecule is Cc1cc(F)ccc1Oc1ncc(Br)cn1. The van der Waals surface area contributed by atoms with Crippen molar-refractivity contribution in [2.24, 2.45) is 0 Å². The second kappa shape index (κ2) is 4.57. The van der Waals surface area contributed by atoms with Gasteiger partial charge in [-0.1, -0.05) is 0 Å². The maximum atomic E-state index is 12.8. The van der Waals surface area contributed by atoms with Gasteiger partial charge >= 0.3 is 6.01 Å². The van der Waals surface area contributed by atoms with Crippen LogP contribution in [0.25, 0.3) is 0 Å². The molecular formula is C11H8BrFN2O. The highest BCUT2D eigenvalue weighted by Crippen LogP contribution is 2.23. The summed E-state index contributed by atoms with van der Waals surface area (Å²) in [5.41, 5.74) is 0.700. The van der Waals surface area contributed by atoms with Gasteiger partial charge in [0.2, 0.25) is 0 Å². The second-order valence-corrected chi connectivity index (χ2v) is 4.11. The fourth-order valence-electron chi connectivity index (χ4n) is 1.18. The third kappa shape index (κ3) is 2.55. The van der Waals surface area contributed by atoms with Crippen LogP contribution in [0.5, 0.6) is 11.8 Å². The first-order valence-corrected chi connectivity index (χ1v) is 5.36. The van der Waals surface area contributed by atoms with E-state index in [-0.39, 0.29) is 11.8 Å². The van der Waals surface area contributed by atoms with Gasteiger partial charge in [0.15, 0.2) is 0 Å². The van der Waals surface area contributed by atoms with E-state index in [1.54, 1.807) is 25.4 Å². The average Bonchev–Trinajstić information content (AvgIpc) is 2.25. The van der Waals surface area contributed by atoms with Gasteiger partial charge in [-0.25, -0.2) is 14.4 Å². The first kappa shape index (κ1) is 11.0. The Morgan fingerprint density at radius 3 is 2.56 bits per heavy atom. The lowest BCUT2D eigenvalue weighted by Gasteiger charge is -2.06. The van der Waals surface area contributed by atoms with Crippen molar-refractivity contribution in [3.8, 4) is 11.8 Å². The fourth-order valence-corrected chi connectivity index (χ4v) is 1.38. The van der Waals surface area contributed by atoms with Gasteiger partial charge in [-0.05, 0) is 46.6 Å². The lowest BCUT2D eigenvalue weighted by Crippen LogP contribution is -1.93. The van der Waals surface area contributed by atoms with Crippen molar-refractivity contribution in [3.05, 3.63) is 46.4 Å². The number of hydrogen-bond acceptors (Lipinski definition) is 3. The van der Waals surface area contributed by atoms with Gasteiger partial charge in [-0.15, -0.1) is 0 Å². The van der Waals surface area contributed by atoms with Gasteiger partial charge in [0.25, 0.3) is 0 Å². The average molecular weight is 283 g/mol. The van der Waals surface area contributed by atoms with Crippen molar-refractivity contribution in [1.82, 2.24) is 9.97 Å². The standard InChI is InChI=1S/C11H8BrFN2O/c1-7-4-9(13)2-3-10(7)16-11-14-5-8(12)6-15-11/h2-6H,1H3. The highest BCUT2D eigenvalue weighted by Gasteiger charge is 2.04. The Kier molecular flexibility index (Phi) is 3.14. The predicted octanol–water partition coefficient (Wildman–Crippen LogP) is 3.48. The van der Waals surface area contributed by atoms with Crippen LogP contribution in [-0.2, 0) is 0 Å². The van der Waals surface area contributed by atoms with Gasteiger partial charge in [0.1, 0.15) is 11.6 Å². The number of hydrogen-bond donors (Lipinski definition) is 0. The number of aryl methyl sites for hydroxylation is 1. The van der Waals surface area contributed by atoms with E-state index in [4.69, 9.17) is 4.74 Å². The minimum absolute atomic E-state index is 0.234.